The number of sulfonamides is 1. The van der Waals surface area contributed by atoms with Gasteiger partial charge in [0, 0.05) is 29.9 Å². The predicted octanol–water partition coefficient (Wildman–Crippen LogP) is 3.35. The molecule has 0 spiro atoms. The van der Waals surface area contributed by atoms with Crippen LogP contribution < -0.4 is 5.32 Å². The summed E-state index contributed by atoms with van der Waals surface area (Å²) in [7, 11) is -3.23. The number of carbonyl (C=O) groups excluding carboxylic acids is 1. The Morgan fingerprint density at radius 1 is 1.13 bits per heavy atom. The molecule has 3 aromatic rings. The smallest absolute Gasteiger partial charge is 0.228 e. The minimum atomic E-state index is -3.23. The van der Waals surface area contributed by atoms with Gasteiger partial charge in [0.15, 0.2) is 0 Å². The van der Waals surface area contributed by atoms with Crippen molar-refractivity contribution in [3.63, 3.8) is 0 Å². The molecule has 1 aromatic heterocycles. The van der Waals surface area contributed by atoms with Crippen molar-refractivity contribution in [3.8, 4) is 0 Å². The van der Waals surface area contributed by atoms with Crippen LogP contribution in [0.1, 0.15) is 27.9 Å². The first-order valence-corrected chi connectivity index (χ1v) is 11.8. The number of hydrogen-bond acceptors (Lipinski definition) is 4. The molecule has 4 rings (SSSR count). The number of nitrogens with zero attached hydrogens (tertiary/aromatic N) is 2. The van der Waals surface area contributed by atoms with Crippen molar-refractivity contribution in [2.24, 2.45) is 0 Å². The van der Waals surface area contributed by atoms with Crippen molar-refractivity contribution in [2.45, 2.75) is 33.2 Å². The highest BCUT2D eigenvalue weighted by atomic mass is 32.2. The molecule has 0 unspecified atom stereocenters. The lowest BCUT2D eigenvalue weighted by molar-refractivity contribution is -0.115. The van der Waals surface area contributed by atoms with Crippen molar-refractivity contribution in [3.05, 3.63) is 70.4 Å². The Labute approximate surface area is 177 Å². The zero-order valence-electron chi connectivity index (χ0n) is 17.4. The molecule has 2 heterocycles. The first-order chi connectivity index (χ1) is 14.2. The molecule has 156 valence electrons. The Morgan fingerprint density at radius 3 is 2.67 bits per heavy atom. The summed E-state index contributed by atoms with van der Waals surface area (Å²) < 4.78 is 25.2. The lowest BCUT2D eigenvalue weighted by Crippen LogP contribution is -2.35. The molecule has 0 saturated heterocycles. The van der Waals surface area contributed by atoms with Gasteiger partial charge in [0.05, 0.1) is 18.2 Å². The van der Waals surface area contributed by atoms with E-state index >= 15 is 0 Å². The Bertz CT molecular complexity index is 1250. The van der Waals surface area contributed by atoms with E-state index in [1.54, 1.807) is 0 Å². The normalized spacial score (nSPS) is 14.5. The van der Waals surface area contributed by atoms with Crippen LogP contribution in [0, 0.1) is 13.8 Å². The van der Waals surface area contributed by atoms with E-state index in [-0.39, 0.29) is 12.3 Å². The predicted molar refractivity (Wildman–Crippen MR) is 119 cm³/mol. The van der Waals surface area contributed by atoms with E-state index in [2.05, 4.69) is 10.3 Å². The van der Waals surface area contributed by atoms with Crippen molar-refractivity contribution in [1.29, 1.82) is 0 Å². The average molecular weight is 424 g/mol. The molecule has 1 amide bonds. The summed E-state index contributed by atoms with van der Waals surface area (Å²) in [6, 6.07) is 13.6. The number of amides is 1. The second-order valence-electron chi connectivity index (χ2n) is 7.83. The standard InChI is InChI=1S/C23H25N3O3S/c1-15-18-8-4-5-9-21(18)24-16(2)20(15)13-23(27)25-22-10-6-7-17-14-26(30(3,28)29)12-11-19(17)22/h4-10H,11-14H2,1-3H3,(H,25,27). The minimum Gasteiger partial charge on any atom is -0.326 e. The van der Waals surface area contributed by atoms with E-state index in [1.165, 1.54) is 10.6 Å². The number of hydrogen-bond donors (Lipinski definition) is 1. The van der Waals surface area contributed by atoms with Gasteiger partial charge >= 0.3 is 0 Å². The van der Waals surface area contributed by atoms with Crippen LogP contribution in [0.2, 0.25) is 0 Å². The first kappa shape index (κ1) is 20.5. The number of rotatable bonds is 4. The molecule has 6 nitrogen and oxygen atoms in total. The molecule has 2 aromatic carbocycles. The maximum Gasteiger partial charge on any atom is 0.228 e. The minimum absolute atomic E-state index is 0.0998. The van der Waals surface area contributed by atoms with Crippen LogP contribution >= 0.6 is 0 Å². The number of nitrogens with one attached hydrogen (secondary N) is 1. The highest BCUT2D eigenvalue weighted by molar-refractivity contribution is 7.88. The summed E-state index contributed by atoms with van der Waals surface area (Å²) in [6.07, 6.45) is 2.05. The van der Waals surface area contributed by atoms with E-state index in [4.69, 9.17) is 0 Å². The molecular weight excluding hydrogens is 398 g/mol. The maximum absolute atomic E-state index is 12.9. The van der Waals surface area contributed by atoms with Gasteiger partial charge in [0.25, 0.3) is 0 Å². The van der Waals surface area contributed by atoms with Gasteiger partial charge in [-0.05, 0) is 54.7 Å². The Balaban J connectivity index is 1.57. The van der Waals surface area contributed by atoms with E-state index in [0.717, 1.165) is 44.5 Å². The van der Waals surface area contributed by atoms with Crippen LogP contribution in [0.3, 0.4) is 0 Å². The van der Waals surface area contributed by atoms with Gasteiger partial charge < -0.3 is 5.32 Å². The van der Waals surface area contributed by atoms with Gasteiger partial charge in [-0.1, -0.05) is 30.3 Å². The molecule has 30 heavy (non-hydrogen) atoms. The van der Waals surface area contributed by atoms with Crippen LogP contribution in [0.25, 0.3) is 10.9 Å². The molecule has 0 radical (unpaired) electrons. The van der Waals surface area contributed by atoms with Gasteiger partial charge in [0.1, 0.15) is 0 Å². The van der Waals surface area contributed by atoms with Crippen LogP contribution in [0.5, 0.6) is 0 Å². The summed E-state index contributed by atoms with van der Waals surface area (Å²) in [5.74, 6) is -0.0998. The van der Waals surface area contributed by atoms with E-state index in [0.29, 0.717) is 19.5 Å². The van der Waals surface area contributed by atoms with Crippen molar-refractivity contribution >= 4 is 32.5 Å². The third-order valence-electron chi connectivity index (χ3n) is 5.80. The number of carbonyl (C=O) groups is 1. The van der Waals surface area contributed by atoms with Crippen LogP contribution in [0.15, 0.2) is 42.5 Å². The number of anilines is 1. The quantitative estimate of drug-likeness (QED) is 0.698. The third-order valence-corrected chi connectivity index (χ3v) is 7.05. The van der Waals surface area contributed by atoms with Crippen molar-refractivity contribution in [1.82, 2.24) is 9.29 Å². The van der Waals surface area contributed by atoms with Crippen molar-refractivity contribution < 1.29 is 13.2 Å². The monoisotopic (exact) mass is 423 g/mol. The topological polar surface area (TPSA) is 79.4 Å². The molecule has 0 atom stereocenters. The average Bonchev–Trinajstić information content (AvgIpc) is 2.70. The summed E-state index contributed by atoms with van der Waals surface area (Å²) in [6.45, 7) is 4.73. The van der Waals surface area contributed by atoms with Crippen LogP contribution in [0.4, 0.5) is 5.69 Å². The van der Waals surface area contributed by atoms with Crippen LogP contribution in [-0.4, -0.2) is 36.4 Å². The zero-order valence-corrected chi connectivity index (χ0v) is 18.2. The number of pyridine rings is 1. The zero-order chi connectivity index (χ0) is 21.5. The van der Waals surface area contributed by atoms with E-state index in [9.17, 15) is 13.2 Å². The number of fused-ring (bicyclic) bond motifs is 2. The maximum atomic E-state index is 12.9. The number of aryl methyl sites for hydroxylation is 2. The summed E-state index contributed by atoms with van der Waals surface area (Å²) in [5.41, 5.74) is 6.52. The molecule has 1 aliphatic rings. The molecule has 1 aliphatic heterocycles. The third kappa shape index (κ3) is 3.95. The lowest BCUT2D eigenvalue weighted by Gasteiger charge is -2.28. The summed E-state index contributed by atoms with van der Waals surface area (Å²) >= 11 is 0. The summed E-state index contributed by atoms with van der Waals surface area (Å²) in [4.78, 5) is 17.5. The molecule has 0 aliphatic carbocycles. The van der Waals surface area contributed by atoms with Gasteiger partial charge in [-0.15, -0.1) is 0 Å². The molecule has 7 heteroatoms. The second-order valence-corrected chi connectivity index (χ2v) is 9.82. The molecule has 0 saturated carbocycles. The Morgan fingerprint density at radius 2 is 1.90 bits per heavy atom. The number of benzene rings is 2. The fraction of sp³-hybridized carbons (Fsp3) is 0.304. The van der Waals surface area contributed by atoms with Gasteiger partial charge in [-0.3, -0.25) is 9.78 Å². The van der Waals surface area contributed by atoms with Crippen molar-refractivity contribution in [2.75, 3.05) is 18.1 Å². The highest BCUT2D eigenvalue weighted by Gasteiger charge is 2.25. The first-order valence-electron chi connectivity index (χ1n) is 9.94. The molecular formula is C23H25N3O3S. The molecule has 0 fully saturated rings. The van der Waals surface area contributed by atoms with Gasteiger partial charge in [-0.2, -0.15) is 4.31 Å². The van der Waals surface area contributed by atoms with E-state index in [1.807, 2.05) is 56.3 Å². The fourth-order valence-corrected chi connectivity index (χ4v) is 4.97. The Hall–Kier alpha value is -2.77. The SMILES string of the molecule is Cc1nc2ccccc2c(C)c1CC(=O)Nc1cccc2c1CCN(S(C)(=O)=O)C2. The highest BCUT2D eigenvalue weighted by Crippen LogP contribution is 2.28. The lowest BCUT2D eigenvalue weighted by atomic mass is 9.97. The number of para-hydroxylation sites is 1. The summed E-state index contributed by atoms with van der Waals surface area (Å²) in [5, 5.41) is 4.10. The van der Waals surface area contributed by atoms with E-state index < -0.39 is 10.0 Å². The van der Waals surface area contributed by atoms with Gasteiger partial charge in [-0.25, -0.2) is 8.42 Å². The second kappa shape index (κ2) is 7.81. The Kier molecular flexibility index (Phi) is 5.34. The van der Waals surface area contributed by atoms with Crippen LogP contribution in [-0.2, 0) is 34.2 Å². The fourth-order valence-electron chi connectivity index (χ4n) is 4.17. The molecule has 1 N–H and O–H groups in total. The van der Waals surface area contributed by atoms with Gasteiger partial charge in [0.2, 0.25) is 15.9 Å². The largest absolute Gasteiger partial charge is 0.326 e. The number of aromatic nitrogens is 1. The molecule has 0 bridgehead atoms.